The van der Waals surface area contributed by atoms with E-state index in [1.165, 1.54) is 18.8 Å². The summed E-state index contributed by atoms with van der Waals surface area (Å²) >= 11 is 1.46. The minimum atomic E-state index is -4.05. The second-order valence-corrected chi connectivity index (χ2v) is 6.91. The van der Waals surface area contributed by atoms with Gasteiger partial charge in [-0.2, -0.15) is 11.8 Å². The molecule has 0 aliphatic heterocycles. The number of benzene rings is 1. The van der Waals surface area contributed by atoms with E-state index in [1.54, 1.807) is 0 Å². The summed E-state index contributed by atoms with van der Waals surface area (Å²) in [4.78, 5) is -0.670. The van der Waals surface area contributed by atoms with Crippen LogP contribution in [0, 0.1) is 11.6 Å². The van der Waals surface area contributed by atoms with E-state index >= 15 is 0 Å². The molecular weight excluding hydrogens is 294 g/mol. The van der Waals surface area contributed by atoms with Crippen LogP contribution in [0.3, 0.4) is 0 Å². The van der Waals surface area contributed by atoms with Gasteiger partial charge in [0.25, 0.3) is 0 Å². The Kier molecular flexibility index (Phi) is 5.72. The first-order chi connectivity index (χ1) is 8.84. The lowest BCUT2D eigenvalue weighted by Crippen LogP contribution is -2.30. The molecule has 8 heteroatoms. The average Bonchev–Trinajstić information content (AvgIpc) is 2.38. The summed E-state index contributed by atoms with van der Waals surface area (Å²) in [7, 11) is -2.72. The fourth-order valence-electron chi connectivity index (χ4n) is 1.43. The molecule has 0 saturated carbocycles. The zero-order chi connectivity index (χ0) is 14.6. The second-order valence-electron chi connectivity index (χ2n) is 3.91. The molecule has 0 saturated heterocycles. The molecule has 4 nitrogen and oxygen atoms in total. The van der Waals surface area contributed by atoms with E-state index in [9.17, 15) is 17.2 Å². The maximum Gasteiger partial charge on any atom is 0.245 e. The molecule has 108 valence electrons. The molecule has 1 aromatic carbocycles. The van der Waals surface area contributed by atoms with Crippen molar-refractivity contribution in [3.8, 4) is 0 Å². The van der Waals surface area contributed by atoms with Crippen LogP contribution in [-0.4, -0.2) is 38.3 Å². The van der Waals surface area contributed by atoms with Crippen molar-refractivity contribution in [2.24, 2.45) is 5.73 Å². The van der Waals surface area contributed by atoms with E-state index in [0.29, 0.717) is 5.75 Å². The third kappa shape index (κ3) is 3.65. The smallest absolute Gasteiger partial charge is 0.245 e. The highest BCUT2D eigenvalue weighted by atomic mass is 32.2. The second kappa shape index (κ2) is 6.65. The van der Waals surface area contributed by atoms with Gasteiger partial charge in [-0.25, -0.2) is 21.5 Å². The lowest BCUT2D eigenvalue weighted by molar-refractivity contribution is 0.458. The average molecular weight is 310 g/mol. The summed E-state index contributed by atoms with van der Waals surface area (Å²) in [5, 5.41) is 0. The molecule has 0 aliphatic rings. The van der Waals surface area contributed by atoms with Gasteiger partial charge in [0.1, 0.15) is 4.90 Å². The monoisotopic (exact) mass is 310 g/mol. The van der Waals surface area contributed by atoms with Crippen molar-refractivity contribution in [3.05, 3.63) is 29.3 Å². The molecule has 0 aromatic heterocycles. The first-order valence-corrected chi connectivity index (χ1v) is 8.31. The first-order valence-electron chi connectivity index (χ1n) is 5.47. The predicted molar refractivity (Wildman–Crippen MR) is 72.4 cm³/mol. The highest BCUT2D eigenvalue weighted by molar-refractivity contribution is 7.98. The quantitative estimate of drug-likeness (QED) is 0.863. The van der Waals surface area contributed by atoms with Crippen molar-refractivity contribution in [1.82, 2.24) is 4.31 Å². The predicted octanol–water partition coefficient (Wildman–Crippen LogP) is 1.41. The summed E-state index contributed by atoms with van der Waals surface area (Å²) in [5.41, 5.74) is 5.57. The number of hydrogen-bond acceptors (Lipinski definition) is 4. The van der Waals surface area contributed by atoms with Gasteiger partial charge in [0.15, 0.2) is 11.6 Å². The lowest BCUT2D eigenvalue weighted by Gasteiger charge is -2.17. The zero-order valence-corrected chi connectivity index (χ0v) is 12.3. The highest BCUT2D eigenvalue weighted by Gasteiger charge is 2.26. The van der Waals surface area contributed by atoms with Crippen LogP contribution >= 0.6 is 11.8 Å². The summed E-state index contributed by atoms with van der Waals surface area (Å²) in [5.74, 6) is -2.01. The number of sulfonamides is 1. The van der Waals surface area contributed by atoms with Crippen LogP contribution in [0.25, 0.3) is 0 Å². The van der Waals surface area contributed by atoms with Crippen LogP contribution in [0.2, 0.25) is 0 Å². The van der Waals surface area contributed by atoms with E-state index in [4.69, 9.17) is 5.73 Å². The van der Waals surface area contributed by atoms with Crippen molar-refractivity contribution in [1.29, 1.82) is 0 Å². The molecular formula is C11H16F2N2O2S2. The molecule has 0 bridgehead atoms. The molecule has 0 amide bonds. The Labute approximate surface area is 116 Å². The van der Waals surface area contributed by atoms with E-state index in [-0.39, 0.29) is 18.7 Å². The minimum Gasteiger partial charge on any atom is -0.326 e. The third-order valence-corrected chi connectivity index (χ3v) is 5.04. The Balaban J connectivity index is 3.24. The molecule has 19 heavy (non-hydrogen) atoms. The van der Waals surface area contributed by atoms with Crippen LogP contribution < -0.4 is 5.73 Å². The summed E-state index contributed by atoms with van der Waals surface area (Å²) in [6.45, 7) is 0.158. The van der Waals surface area contributed by atoms with Crippen LogP contribution in [0.15, 0.2) is 17.0 Å². The Hall–Kier alpha value is -0.700. The largest absolute Gasteiger partial charge is 0.326 e. The summed E-state index contributed by atoms with van der Waals surface area (Å²) in [6, 6.07) is 1.97. The number of hydrogen-bond donors (Lipinski definition) is 1. The molecule has 1 rings (SSSR count). The van der Waals surface area contributed by atoms with Gasteiger partial charge in [0.2, 0.25) is 10.0 Å². The number of nitrogens with two attached hydrogens (primary N) is 1. The van der Waals surface area contributed by atoms with Gasteiger partial charge < -0.3 is 5.73 Å². The van der Waals surface area contributed by atoms with Gasteiger partial charge in [-0.1, -0.05) is 0 Å². The van der Waals surface area contributed by atoms with Gasteiger partial charge in [-0.15, -0.1) is 0 Å². The fourth-order valence-corrected chi connectivity index (χ4v) is 3.29. The Morgan fingerprint density at radius 2 is 2.00 bits per heavy atom. The number of halogens is 2. The Morgan fingerprint density at radius 1 is 1.37 bits per heavy atom. The SMILES string of the molecule is CSCCN(C)S(=O)(=O)c1cc(CN)cc(F)c1F. The lowest BCUT2D eigenvalue weighted by atomic mass is 10.2. The fraction of sp³-hybridized carbons (Fsp3) is 0.455. The molecule has 0 atom stereocenters. The maximum atomic E-state index is 13.7. The van der Waals surface area contributed by atoms with Crippen LogP contribution in [0.1, 0.15) is 5.56 Å². The number of thioether (sulfide) groups is 1. The zero-order valence-electron chi connectivity index (χ0n) is 10.7. The van der Waals surface area contributed by atoms with Gasteiger partial charge in [-0.3, -0.25) is 0 Å². The van der Waals surface area contributed by atoms with Gasteiger partial charge >= 0.3 is 0 Å². The third-order valence-electron chi connectivity index (χ3n) is 2.59. The molecule has 0 aliphatic carbocycles. The van der Waals surface area contributed by atoms with Gasteiger partial charge in [0, 0.05) is 25.9 Å². The standard InChI is InChI=1S/C11H16F2N2O2S2/c1-15(3-4-18-2)19(16,17)10-6-8(7-14)5-9(12)11(10)13/h5-6H,3-4,7,14H2,1-2H3. The van der Waals surface area contributed by atoms with E-state index in [1.807, 2.05) is 6.26 Å². The normalized spacial score (nSPS) is 12.1. The van der Waals surface area contributed by atoms with Crippen molar-refractivity contribution in [3.63, 3.8) is 0 Å². The van der Waals surface area contributed by atoms with Crippen molar-refractivity contribution in [2.75, 3.05) is 25.6 Å². The minimum absolute atomic E-state index is 0.0613. The number of rotatable bonds is 6. The van der Waals surface area contributed by atoms with E-state index in [2.05, 4.69) is 0 Å². The van der Waals surface area contributed by atoms with Gasteiger partial charge in [0.05, 0.1) is 0 Å². The molecule has 0 radical (unpaired) electrons. The van der Waals surface area contributed by atoms with Crippen molar-refractivity contribution in [2.45, 2.75) is 11.4 Å². The first kappa shape index (κ1) is 16.4. The molecule has 0 unspecified atom stereocenters. The van der Waals surface area contributed by atoms with E-state index < -0.39 is 26.6 Å². The highest BCUT2D eigenvalue weighted by Crippen LogP contribution is 2.22. The van der Waals surface area contributed by atoms with Crippen LogP contribution in [0.5, 0.6) is 0 Å². The topological polar surface area (TPSA) is 63.4 Å². The summed E-state index contributed by atoms with van der Waals surface area (Å²) < 4.78 is 52.3. The van der Waals surface area contributed by atoms with Crippen LogP contribution in [-0.2, 0) is 16.6 Å². The molecule has 0 heterocycles. The molecule has 1 aromatic rings. The van der Waals surface area contributed by atoms with Crippen LogP contribution in [0.4, 0.5) is 8.78 Å². The molecule has 0 fully saturated rings. The van der Waals surface area contributed by atoms with E-state index in [0.717, 1.165) is 16.4 Å². The van der Waals surface area contributed by atoms with Gasteiger partial charge in [-0.05, 0) is 24.0 Å². The van der Waals surface area contributed by atoms with Crippen molar-refractivity contribution >= 4 is 21.8 Å². The Bertz CT molecular complexity index is 550. The Morgan fingerprint density at radius 3 is 2.53 bits per heavy atom. The summed E-state index contributed by atoms with van der Waals surface area (Å²) in [6.07, 6.45) is 1.83. The molecule has 2 N–H and O–H groups in total. The van der Waals surface area contributed by atoms with Crippen molar-refractivity contribution < 1.29 is 17.2 Å². The number of nitrogens with zero attached hydrogens (tertiary/aromatic N) is 1. The molecule has 0 spiro atoms. The maximum absolute atomic E-state index is 13.7.